The first-order valence-corrected chi connectivity index (χ1v) is 6.92. The normalized spacial score (nSPS) is 15.7. The quantitative estimate of drug-likeness (QED) is 0.828. The van der Waals surface area contributed by atoms with Gasteiger partial charge in [-0.1, -0.05) is 13.0 Å². The third-order valence-electron chi connectivity index (χ3n) is 3.30. The van der Waals surface area contributed by atoms with Crippen molar-refractivity contribution in [2.75, 3.05) is 6.54 Å². The van der Waals surface area contributed by atoms with Crippen LogP contribution in [0.5, 0.6) is 0 Å². The SMILES string of the molecule is CC(CN)C(C)N(Cc1cccs1)C(C)C. The zero-order valence-corrected chi connectivity index (χ0v) is 11.6. The molecule has 1 rings (SSSR count). The van der Waals surface area contributed by atoms with Crippen LogP contribution in [0.2, 0.25) is 0 Å². The molecule has 2 unspecified atom stereocenters. The maximum atomic E-state index is 5.76. The van der Waals surface area contributed by atoms with Gasteiger partial charge >= 0.3 is 0 Å². The number of thiophene rings is 1. The van der Waals surface area contributed by atoms with Crippen LogP contribution < -0.4 is 5.73 Å². The van der Waals surface area contributed by atoms with Crippen molar-refractivity contribution in [3.63, 3.8) is 0 Å². The van der Waals surface area contributed by atoms with Crippen molar-refractivity contribution in [1.29, 1.82) is 0 Å². The van der Waals surface area contributed by atoms with Crippen LogP contribution in [0.4, 0.5) is 0 Å². The molecule has 0 radical (unpaired) electrons. The molecule has 2 nitrogen and oxygen atoms in total. The van der Waals surface area contributed by atoms with Gasteiger partial charge in [-0.2, -0.15) is 0 Å². The van der Waals surface area contributed by atoms with Crippen LogP contribution in [-0.4, -0.2) is 23.5 Å². The smallest absolute Gasteiger partial charge is 0.0333 e. The maximum Gasteiger partial charge on any atom is 0.0333 e. The number of hydrogen-bond acceptors (Lipinski definition) is 3. The Morgan fingerprint density at radius 2 is 2.00 bits per heavy atom. The van der Waals surface area contributed by atoms with Crippen molar-refractivity contribution in [1.82, 2.24) is 4.90 Å². The Balaban J connectivity index is 2.67. The largest absolute Gasteiger partial charge is 0.330 e. The second kappa shape index (κ2) is 6.38. The zero-order chi connectivity index (χ0) is 12.1. The van der Waals surface area contributed by atoms with Gasteiger partial charge in [0, 0.05) is 23.5 Å². The fourth-order valence-electron chi connectivity index (χ4n) is 1.90. The molecular formula is C13H24N2S. The number of hydrogen-bond donors (Lipinski definition) is 1. The molecule has 16 heavy (non-hydrogen) atoms. The van der Waals surface area contributed by atoms with Crippen molar-refractivity contribution < 1.29 is 0 Å². The lowest BCUT2D eigenvalue weighted by molar-refractivity contribution is 0.119. The Morgan fingerprint density at radius 1 is 1.31 bits per heavy atom. The molecule has 0 saturated carbocycles. The topological polar surface area (TPSA) is 29.3 Å². The van der Waals surface area contributed by atoms with Gasteiger partial charge in [0.05, 0.1) is 0 Å². The number of rotatable bonds is 6. The minimum absolute atomic E-state index is 0.534. The molecule has 0 aliphatic rings. The molecule has 1 aromatic rings. The van der Waals surface area contributed by atoms with E-state index in [0.29, 0.717) is 18.0 Å². The summed E-state index contributed by atoms with van der Waals surface area (Å²) in [6, 6.07) is 5.42. The zero-order valence-electron chi connectivity index (χ0n) is 10.8. The molecule has 92 valence electrons. The summed E-state index contributed by atoms with van der Waals surface area (Å²) in [5, 5.41) is 2.14. The lowest BCUT2D eigenvalue weighted by Crippen LogP contribution is -2.43. The monoisotopic (exact) mass is 240 g/mol. The van der Waals surface area contributed by atoms with E-state index in [9.17, 15) is 0 Å². The van der Waals surface area contributed by atoms with Crippen LogP contribution >= 0.6 is 11.3 Å². The summed E-state index contributed by atoms with van der Waals surface area (Å²) in [6.45, 7) is 10.8. The third kappa shape index (κ3) is 3.58. The molecule has 1 aromatic heterocycles. The van der Waals surface area contributed by atoms with E-state index >= 15 is 0 Å². The van der Waals surface area contributed by atoms with Gasteiger partial charge in [-0.25, -0.2) is 0 Å². The van der Waals surface area contributed by atoms with Gasteiger partial charge in [-0.3, -0.25) is 4.90 Å². The summed E-state index contributed by atoms with van der Waals surface area (Å²) in [7, 11) is 0. The summed E-state index contributed by atoms with van der Waals surface area (Å²) in [5.74, 6) is 0.544. The highest BCUT2D eigenvalue weighted by molar-refractivity contribution is 7.09. The van der Waals surface area contributed by atoms with E-state index in [1.54, 1.807) is 0 Å². The van der Waals surface area contributed by atoms with Gasteiger partial charge in [0.25, 0.3) is 0 Å². The maximum absolute atomic E-state index is 5.76. The van der Waals surface area contributed by atoms with Crippen LogP contribution in [0.25, 0.3) is 0 Å². The minimum atomic E-state index is 0.534. The second-order valence-corrected chi connectivity index (χ2v) is 5.83. The fraction of sp³-hybridized carbons (Fsp3) is 0.692. The molecule has 0 aliphatic heterocycles. The highest BCUT2D eigenvalue weighted by atomic mass is 32.1. The molecule has 0 bridgehead atoms. The van der Waals surface area contributed by atoms with Gasteiger partial charge in [0.15, 0.2) is 0 Å². The molecule has 0 amide bonds. The highest BCUT2D eigenvalue weighted by Gasteiger charge is 2.21. The van der Waals surface area contributed by atoms with E-state index in [-0.39, 0.29) is 0 Å². The Hall–Kier alpha value is -0.380. The van der Waals surface area contributed by atoms with Gasteiger partial charge < -0.3 is 5.73 Å². The van der Waals surface area contributed by atoms with Crippen LogP contribution in [0.1, 0.15) is 32.6 Å². The Morgan fingerprint density at radius 3 is 2.44 bits per heavy atom. The van der Waals surface area contributed by atoms with E-state index in [1.165, 1.54) is 4.88 Å². The summed E-state index contributed by atoms with van der Waals surface area (Å²) >= 11 is 1.83. The molecule has 3 heteroatoms. The lowest BCUT2D eigenvalue weighted by Gasteiger charge is -2.35. The van der Waals surface area contributed by atoms with Gasteiger partial charge in [0.1, 0.15) is 0 Å². The second-order valence-electron chi connectivity index (χ2n) is 4.80. The van der Waals surface area contributed by atoms with Crippen molar-refractivity contribution >= 4 is 11.3 Å². The van der Waals surface area contributed by atoms with Crippen molar-refractivity contribution in [3.05, 3.63) is 22.4 Å². The Bertz CT molecular complexity index is 282. The molecule has 0 aromatic carbocycles. The predicted octanol–water partition coefficient (Wildman–Crippen LogP) is 2.94. The minimum Gasteiger partial charge on any atom is -0.330 e. The molecule has 0 fully saturated rings. The molecule has 1 heterocycles. The first kappa shape index (κ1) is 13.7. The number of nitrogens with two attached hydrogens (primary N) is 1. The molecule has 2 atom stereocenters. The van der Waals surface area contributed by atoms with E-state index in [1.807, 2.05) is 11.3 Å². The first-order chi connectivity index (χ1) is 7.56. The summed E-state index contributed by atoms with van der Waals surface area (Å²) in [6.07, 6.45) is 0. The summed E-state index contributed by atoms with van der Waals surface area (Å²) < 4.78 is 0. The standard InChI is InChI=1S/C13H24N2S/c1-10(2)15(12(4)11(3)8-14)9-13-6-5-7-16-13/h5-7,10-12H,8-9,14H2,1-4H3. The van der Waals surface area contributed by atoms with Gasteiger partial charge in [-0.05, 0) is 44.7 Å². The van der Waals surface area contributed by atoms with Gasteiger partial charge in [0.2, 0.25) is 0 Å². The third-order valence-corrected chi connectivity index (χ3v) is 4.16. The average Bonchev–Trinajstić information content (AvgIpc) is 2.76. The average molecular weight is 240 g/mol. The van der Waals surface area contributed by atoms with Crippen LogP contribution in [0.3, 0.4) is 0 Å². The van der Waals surface area contributed by atoms with E-state index in [0.717, 1.165) is 13.1 Å². The van der Waals surface area contributed by atoms with E-state index < -0.39 is 0 Å². The lowest BCUT2D eigenvalue weighted by atomic mass is 10.0. The summed E-state index contributed by atoms with van der Waals surface area (Å²) in [5.41, 5.74) is 5.76. The number of nitrogens with zero attached hydrogens (tertiary/aromatic N) is 1. The molecule has 0 spiro atoms. The summed E-state index contributed by atoms with van der Waals surface area (Å²) in [4.78, 5) is 3.97. The molecular weight excluding hydrogens is 216 g/mol. The fourth-order valence-corrected chi connectivity index (χ4v) is 2.62. The molecule has 0 aliphatic carbocycles. The van der Waals surface area contributed by atoms with Crippen molar-refractivity contribution in [2.24, 2.45) is 11.7 Å². The van der Waals surface area contributed by atoms with E-state index in [4.69, 9.17) is 5.73 Å². The molecule has 0 saturated heterocycles. The van der Waals surface area contributed by atoms with Crippen molar-refractivity contribution in [3.8, 4) is 0 Å². The molecule has 2 N–H and O–H groups in total. The van der Waals surface area contributed by atoms with Crippen LogP contribution in [0.15, 0.2) is 17.5 Å². The highest BCUT2D eigenvalue weighted by Crippen LogP contribution is 2.19. The Labute approximate surface area is 103 Å². The van der Waals surface area contributed by atoms with Crippen molar-refractivity contribution in [2.45, 2.75) is 46.3 Å². The van der Waals surface area contributed by atoms with Gasteiger partial charge in [-0.15, -0.1) is 11.3 Å². The first-order valence-electron chi connectivity index (χ1n) is 6.04. The van der Waals surface area contributed by atoms with Crippen LogP contribution in [0, 0.1) is 5.92 Å². The Kier molecular flexibility index (Phi) is 5.46. The predicted molar refractivity (Wildman–Crippen MR) is 72.7 cm³/mol. The van der Waals surface area contributed by atoms with E-state index in [2.05, 4.69) is 50.1 Å². The van der Waals surface area contributed by atoms with Crippen LogP contribution in [-0.2, 0) is 6.54 Å².